The van der Waals surface area contributed by atoms with Gasteiger partial charge in [-0.1, -0.05) is 35.3 Å². The minimum atomic E-state index is -4.19. The van der Waals surface area contributed by atoms with E-state index >= 15 is 0 Å². The Hall–Kier alpha value is -3.22. The number of nitrogens with zero attached hydrogens (tertiary/aromatic N) is 4. The molecule has 0 unspecified atom stereocenters. The molecule has 2 aromatic carbocycles. The first-order chi connectivity index (χ1) is 19.6. The van der Waals surface area contributed by atoms with Crippen molar-refractivity contribution in [1.82, 2.24) is 24.2 Å². The van der Waals surface area contributed by atoms with E-state index in [1.165, 1.54) is 19.2 Å². The van der Waals surface area contributed by atoms with Gasteiger partial charge in [0.05, 0.1) is 23.1 Å². The first-order valence-electron chi connectivity index (χ1n) is 13.0. The highest BCUT2D eigenvalue weighted by Crippen LogP contribution is 2.37. The molecule has 1 amide bonds. The Bertz CT molecular complexity index is 1700. The molecule has 0 bridgehead atoms. The van der Waals surface area contributed by atoms with Gasteiger partial charge < -0.3 is 19.4 Å². The summed E-state index contributed by atoms with van der Waals surface area (Å²) in [4.78, 5) is 21.3. The lowest BCUT2D eigenvalue weighted by atomic mass is 10.1. The number of aromatic nitrogens is 3. The number of carbonyl (C=O) groups excluding carboxylic acids is 1. The molecule has 4 aromatic rings. The van der Waals surface area contributed by atoms with Crippen molar-refractivity contribution in [3.8, 4) is 11.4 Å². The van der Waals surface area contributed by atoms with E-state index in [0.29, 0.717) is 23.4 Å². The molecule has 0 radical (unpaired) electrons. The number of likely N-dealkylation sites (N-methyl/N-ethyl adjacent to an activating group) is 1. The lowest BCUT2D eigenvalue weighted by molar-refractivity contribution is -0.123. The van der Waals surface area contributed by atoms with Crippen LogP contribution in [0.5, 0.6) is 5.75 Å². The van der Waals surface area contributed by atoms with Gasteiger partial charge in [0.25, 0.3) is 0 Å². The summed E-state index contributed by atoms with van der Waals surface area (Å²) in [6.45, 7) is 4.02. The first-order valence-corrected chi connectivity index (χ1v) is 15.2. The van der Waals surface area contributed by atoms with Crippen molar-refractivity contribution < 1.29 is 22.7 Å². The number of rotatable bonds is 9. The van der Waals surface area contributed by atoms with Crippen molar-refractivity contribution in [3.05, 3.63) is 76.4 Å². The number of hydrogen-bond acceptors (Lipinski definition) is 7. The van der Waals surface area contributed by atoms with Crippen LogP contribution in [-0.4, -0.2) is 65.5 Å². The van der Waals surface area contributed by atoms with Gasteiger partial charge in [-0.25, -0.2) is 18.4 Å². The number of imidazole rings is 1. The number of aryl methyl sites for hydroxylation is 1. The van der Waals surface area contributed by atoms with Gasteiger partial charge in [0.1, 0.15) is 28.8 Å². The third-order valence-electron chi connectivity index (χ3n) is 6.97. The molecule has 2 aromatic heterocycles. The maximum absolute atomic E-state index is 13.8. The van der Waals surface area contributed by atoms with Crippen molar-refractivity contribution in [3.63, 3.8) is 0 Å². The van der Waals surface area contributed by atoms with Gasteiger partial charge in [0, 0.05) is 60.7 Å². The molecule has 2 atom stereocenters. The van der Waals surface area contributed by atoms with Crippen molar-refractivity contribution >= 4 is 50.0 Å². The van der Waals surface area contributed by atoms with Crippen molar-refractivity contribution in [2.45, 2.75) is 43.9 Å². The van der Waals surface area contributed by atoms with Gasteiger partial charge in [0.15, 0.2) is 0 Å². The van der Waals surface area contributed by atoms with E-state index in [2.05, 4.69) is 10.3 Å². The van der Waals surface area contributed by atoms with Crippen LogP contribution in [0.4, 0.5) is 0 Å². The van der Waals surface area contributed by atoms with Crippen LogP contribution in [0, 0.1) is 6.92 Å². The quantitative estimate of drug-likeness (QED) is 0.293. The van der Waals surface area contributed by atoms with Crippen LogP contribution in [0.3, 0.4) is 0 Å². The monoisotopic (exact) mass is 617 g/mol. The largest absolute Gasteiger partial charge is 0.487 e. The van der Waals surface area contributed by atoms with Gasteiger partial charge in [-0.05, 0) is 38.1 Å². The highest BCUT2D eigenvalue weighted by molar-refractivity contribution is 7.89. The molecule has 5 rings (SSSR count). The summed E-state index contributed by atoms with van der Waals surface area (Å²) in [5.41, 5.74) is 2.59. The molecular weight excluding hydrogens is 589 g/mol. The molecular formula is C28H29Cl2N5O5S. The zero-order valence-corrected chi connectivity index (χ0v) is 25.0. The topological polar surface area (TPSA) is 116 Å². The van der Waals surface area contributed by atoms with Gasteiger partial charge in [-0.15, -0.1) is 0 Å². The summed E-state index contributed by atoms with van der Waals surface area (Å²) in [5.74, 6) is 0.0602. The van der Waals surface area contributed by atoms with Crippen LogP contribution in [0.25, 0.3) is 16.6 Å². The van der Waals surface area contributed by atoms with E-state index in [4.69, 9.17) is 37.7 Å². The molecule has 1 fully saturated rings. The minimum absolute atomic E-state index is 0.0271. The molecule has 41 heavy (non-hydrogen) atoms. The number of carbonyl (C=O) groups is 1. The fourth-order valence-corrected chi connectivity index (χ4v) is 7.53. The van der Waals surface area contributed by atoms with E-state index < -0.39 is 28.1 Å². The minimum Gasteiger partial charge on any atom is -0.487 e. The summed E-state index contributed by atoms with van der Waals surface area (Å²) in [6.07, 6.45) is 5.07. The molecule has 1 saturated heterocycles. The number of sulfonamides is 1. The van der Waals surface area contributed by atoms with E-state index in [1.54, 1.807) is 18.6 Å². The number of halogens is 2. The van der Waals surface area contributed by atoms with Crippen LogP contribution in [0.2, 0.25) is 10.0 Å². The molecule has 0 aliphatic carbocycles. The average molecular weight is 619 g/mol. The predicted octanol–water partition coefficient (Wildman–Crippen LogP) is 4.53. The molecule has 10 nitrogen and oxygen atoms in total. The number of pyridine rings is 1. The van der Waals surface area contributed by atoms with Crippen molar-refractivity contribution in [2.24, 2.45) is 0 Å². The first kappa shape index (κ1) is 29.3. The van der Waals surface area contributed by atoms with Crippen LogP contribution >= 0.6 is 23.2 Å². The third kappa shape index (κ3) is 5.64. The molecule has 0 spiro atoms. The third-order valence-corrected chi connectivity index (χ3v) is 9.78. The van der Waals surface area contributed by atoms with Crippen molar-refractivity contribution in [1.29, 1.82) is 0 Å². The Labute approximate surface area is 248 Å². The van der Waals surface area contributed by atoms with Crippen LogP contribution < -0.4 is 10.1 Å². The number of para-hydroxylation sites is 1. The van der Waals surface area contributed by atoms with E-state index in [9.17, 15) is 13.2 Å². The molecule has 0 saturated carbocycles. The maximum Gasteiger partial charge on any atom is 0.245 e. The summed E-state index contributed by atoms with van der Waals surface area (Å²) < 4.78 is 42.5. The summed E-state index contributed by atoms with van der Waals surface area (Å²) in [7, 11) is -2.73. The normalized spacial score (nSPS) is 17.7. The van der Waals surface area contributed by atoms with Crippen LogP contribution in [0.1, 0.15) is 24.6 Å². The average Bonchev–Trinajstić information content (AvgIpc) is 3.63. The second kappa shape index (κ2) is 11.9. The Kier molecular flexibility index (Phi) is 8.53. The molecule has 1 N–H and O–H groups in total. The number of nitrogens with one attached hydrogen (secondary N) is 1. The highest BCUT2D eigenvalue weighted by atomic mass is 35.5. The maximum atomic E-state index is 13.8. The molecule has 1 aliphatic rings. The van der Waals surface area contributed by atoms with Crippen LogP contribution in [-0.2, 0) is 26.2 Å². The predicted molar refractivity (Wildman–Crippen MR) is 156 cm³/mol. The van der Waals surface area contributed by atoms with Crippen LogP contribution in [0.15, 0.2) is 60.0 Å². The fourth-order valence-electron chi connectivity index (χ4n) is 5.04. The lowest BCUT2D eigenvalue weighted by Gasteiger charge is -2.24. The summed E-state index contributed by atoms with van der Waals surface area (Å²) in [6, 6.07) is 9.40. The molecule has 3 heterocycles. The highest BCUT2D eigenvalue weighted by Gasteiger charge is 2.45. The van der Waals surface area contributed by atoms with E-state index in [0.717, 1.165) is 21.1 Å². The number of hydrogen-bond donors (Lipinski definition) is 1. The Morgan fingerprint density at radius 3 is 2.73 bits per heavy atom. The van der Waals surface area contributed by atoms with Gasteiger partial charge in [0.2, 0.25) is 15.9 Å². The zero-order chi connectivity index (χ0) is 29.3. The number of fused-ring (bicyclic) bond motifs is 1. The van der Waals surface area contributed by atoms with Gasteiger partial charge in [-0.2, -0.15) is 4.31 Å². The van der Waals surface area contributed by atoms with Gasteiger partial charge >= 0.3 is 0 Å². The fraction of sp³-hybridized carbons (Fsp3) is 0.321. The molecule has 1 aliphatic heterocycles. The van der Waals surface area contributed by atoms with Gasteiger partial charge in [-0.3, -0.25) is 4.79 Å². The lowest BCUT2D eigenvalue weighted by Crippen LogP contribution is -2.44. The SMILES string of the molecule is CCO[C@@H]1C[C@@H](C(=O)NC)N(S(=O)(=O)c2ccc(Cl)c(COc3cccc4c(-n5ccnc5)cc(C)nc34)c2Cl)C1. The Balaban J connectivity index is 1.48. The van der Waals surface area contributed by atoms with E-state index in [1.807, 2.05) is 42.8 Å². The van der Waals surface area contributed by atoms with E-state index in [-0.39, 0.29) is 34.5 Å². The molecule has 13 heteroatoms. The number of ether oxygens (including phenoxy) is 2. The Morgan fingerprint density at radius 2 is 2.02 bits per heavy atom. The molecule has 216 valence electrons. The Morgan fingerprint density at radius 1 is 1.22 bits per heavy atom. The second-order valence-electron chi connectivity index (χ2n) is 9.55. The summed E-state index contributed by atoms with van der Waals surface area (Å²) in [5, 5.41) is 3.56. The summed E-state index contributed by atoms with van der Waals surface area (Å²) >= 11 is 13.2. The number of amides is 1. The van der Waals surface area contributed by atoms with Crippen molar-refractivity contribution in [2.75, 3.05) is 20.2 Å². The zero-order valence-electron chi connectivity index (χ0n) is 22.7. The smallest absolute Gasteiger partial charge is 0.245 e. The number of benzene rings is 2. The second-order valence-corrected chi connectivity index (χ2v) is 12.2. The standard InChI is InChI=1S/C28H29Cl2N5O5S/c1-4-39-18-13-23(28(36)31-3)35(14-18)41(37,38)25-9-8-21(29)20(26(25)30)15-40-24-7-5-6-19-22(34-11-10-32-16-34)12-17(2)33-27(19)24/h5-12,16,18,23H,4,13-15H2,1-3H3,(H,31,36)/t18-,23+/m1/s1.